The maximum atomic E-state index is 8.77. The Bertz CT molecular complexity index is 264. The molecule has 0 aromatic heterocycles. The fourth-order valence-corrected chi connectivity index (χ4v) is 1.43. The summed E-state index contributed by atoms with van der Waals surface area (Å²) in [7, 11) is 0. The summed E-state index contributed by atoms with van der Waals surface area (Å²) in [5.41, 5.74) is 3.46. The highest BCUT2D eigenvalue weighted by atomic mass is 16.3. The third-order valence-electron chi connectivity index (χ3n) is 2.06. The Kier molecular flexibility index (Phi) is 2.88. The average molecular weight is 163 g/mol. The predicted molar refractivity (Wildman–Crippen MR) is 50.6 cm³/mol. The van der Waals surface area contributed by atoms with Gasteiger partial charge in [0.2, 0.25) is 0 Å². The molecule has 1 aromatic carbocycles. The Labute approximate surface area is 74.1 Å². The van der Waals surface area contributed by atoms with Crippen LogP contribution in [0.2, 0.25) is 0 Å². The molecule has 0 aliphatic rings. The molecular formula is C11H15O. The van der Waals surface area contributed by atoms with Crippen LogP contribution in [0.5, 0.6) is 0 Å². The number of aryl methyl sites for hydroxylation is 1. The van der Waals surface area contributed by atoms with Crippen LogP contribution in [0, 0.1) is 13.5 Å². The molecule has 1 aromatic rings. The highest BCUT2D eigenvalue weighted by Crippen LogP contribution is 2.20. The zero-order chi connectivity index (χ0) is 9.14. The van der Waals surface area contributed by atoms with E-state index in [4.69, 9.17) is 5.11 Å². The summed E-state index contributed by atoms with van der Waals surface area (Å²) in [4.78, 5) is 0. The summed E-state index contributed by atoms with van der Waals surface area (Å²) < 4.78 is 0. The number of aliphatic hydroxyl groups excluding tert-OH is 1. The minimum Gasteiger partial charge on any atom is -0.385 e. The molecule has 1 rings (SSSR count). The Hall–Kier alpha value is -0.820. The van der Waals surface area contributed by atoms with Crippen LogP contribution >= 0.6 is 0 Å². The van der Waals surface area contributed by atoms with E-state index in [1.54, 1.807) is 0 Å². The molecule has 1 heteroatoms. The van der Waals surface area contributed by atoms with Gasteiger partial charge in [0.25, 0.3) is 0 Å². The normalized spacial score (nSPS) is 10.8. The molecule has 0 bridgehead atoms. The van der Waals surface area contributed by atoms with Crippen molar-refractivity contribution in [3.8, 4) is 0 Å². The summed E-state index contributed by atoms with van der Waals surface area (Å²) in [6.45, 7) is 7.55. The second kappa shape index (κ2) is 3.72. The van der Waals surface area contributed by atoms with E-state index in [0.717, 1.165) is 12.2 Å². The van der Waals surface area contributed by atoms with Gasteiger partial charge in [0.1, 0.15) is 6.61 Å². The zero-order valence-electron chi connectivity index (χ0n) is 7.83. The summed E-state index contributed by atoms with van der Waals surface area (Å²) in [6.07, 6.45) is 0. The third kappa shape index (κ3) is 1.86. The van der Waals surface area contributed by atoms with Crippen molar-refractivity contribution in [1.29, 1.82) is 0 Å². The van der Waals surface area contributed by atoms with Gasteiger partial charge in [-0.05, 0) is 29.5 Å². The number of hydrogen-bond donors (Lipinski definition) is 1. The lowest BCUT2D eigenvalue weighted by molar-refractivity contribution is 0.415. The van der Waals surface area contributed by atoms with Gasteiger partial charge in [-0.15, -0.1) is 0 Å². The van der Waals surface area contributed by atoms with Gasteiger partial charge in [0.15, 0.2) is 0 Å². The Morgan fingerprint density at radius 2 is 2.00 bits per heavy atom. The van der Waals surface area contributed by atoms with E-state index in [2.05, 4.69) is 26.8 Å². The van der Waals surface area contributed by atoms with E-state index < -0.39 is 0 Å². The van der Waals surface area contributed by atoms with Crippen LogP contribution in [0.1, 0.15) is 36.5 Å². The van der Waals surface area contributed by atoms with E-state index in [-0.39, 0.29) is 0 Å². The van der Waals surface area contributed by atoms with Gasteiger partial charge < -0.3 is 5.11 Å². The topological polar surface area (TPSA) is 20.2 Å². The molecule has 0 saturated carbocycles. The molecule has 0 spiro atoms. The van der Waals surface area contributed by atoms with Crippen molar-refractivity contribution in [2.24, 2.45) is 0 Å². The standard InChI is InChI=1S/C11H15O/c1-8(2)11-5-4-10(7-12)6-9(11)3/h4-8,12H,1-3H3. The number of rotatable bonds is 2. The molecule has 0 heterocycles. The molecule has 0 atom stereocenters. The second-order valence-electron chi connectivity index (χ2n) is 3.40. The van der Waals surface area contributed by atoms with Gasteiger partial charge >= 0.3 is 0 Å². The fraction of sp³-hybridized carbons (Fsp3) is 0.364. The molecule has 0 fully saturated rings. The van der Waals surface area contributed by atoms with Crippen LogP contribution in [0.4, 0.5) is 0 Å². The van der Waals surface area contributed by atoms with Crippen LogP contribution in [0.3, 0.4) is 0 Å². The number of benzene rings is 1. The first kappa shape index (κ1) is 9.27. The van der Waals surface area contributed by atoms with E-state index >= 15 is 0 Å². The lowest BCUT2D eigenvalue weighted by Crippen LogP contribution is -1.93. The molecule has 0 saturated heterocycles. The molecule has 0 aliphatic heterocycles. The van der Waals surface area contributed by atoms with Crippen LogP contribution < -0.4 is 0 Å². The van der Waals surface area contributed by atoms with Crippen LogP contribution in [-0.2, 0) is 0 Å². The van der Waals surface area contributed by atoms with Gasteiger partial charge in [-0.2, -0.15) is 0 Å². The summed E-state index contributed by atoms with van der Waals surface area (Å²) in [6, 6.07) is 6.00. The molecule has 0 unspecified atom stereocenters. The Balaban J connectivity index is 3.03. The minimum atomic E-state index is 0.553. The fourth-order valence-electron chi connectivity index (χ4n) is 1.43. The van der Waals surface area contributed by atoms with Crippen molar-refractivity contribution in [2.75, 3.05) is 0 Å². The predicted octanol–water partition coefficient (Wildman–Crippen LogP) is 3.00. The summed E-state index contributed by atoms with van der Waals surface area (Å²) in [5, 5.41) is 8.77. The highest BCUT2D eigenvalue weighted by Gasteiger charge is 2.03. The average Bonchev–Trinajstić information content (AvgIpc) is 2.03. The SMILES string of the molecule is Cc1cc([CH]O)ccc1C(C)C. The molecular weight excluding hydrogens is 148 g/mol. The molecule has 1 N–H and O–H groups in total. The third-order valence-corrected chi connectivity index (χ3v) is 2.06. The summed E-state index contributed by atoms with van der Waals surface area (Å²) >= 11 is 0. The Morgan fingerprint density at radius 1 is 1.33 bits per heavy atom. The van der Waals surface area contributed by atoms with Crippen molar-refractivity contribution in [3.05, 3.63) is 41.5 Å². The lowest BCUT2D eigenvalue weighted by atomic mass is 9.96. The van der Waals surface area contributed by atoms with Gasteiger partial charge in [0.05, 0.1) is 0 Å². The first-order chi connectivity index (χ1) is 5.65. The van der Waals surface area contributed by atoms with Crippen molar-refractivity contribution < 1.29 is 5.11 Å². The van der Waals surface area contributed by atoms with Gasteiger partial charge in [-0.1, -0.05) is 32.0 Å². The van der Waals surface area contributed by atoms with Crippen LogP contribution in [0.25, 0.3) is 0 Å². The molecule has 1 radical (unpaired) electrons. The van der Waals surface area contributed by atoms with Crippen LogP contribution in [0.15, 0.2) is 18.2 Å². The molecule has 65 valence electrons. The van der Waals surface area contributed by atoms with Crippen molar-refractivity contribution in [1.82, 2.24) is 0 Å². The minimum absolute atomic E-state index is 0.553. The van der Waals surface area contributed by atoms with Crippen molar-refractivity contribution in [2.45, 2.75) is 26.7 Å². The van der Waals surface area contributed by atoms with E-state index in [1.807, 2.05) is 12.1 Å². The van der Waals surface area contributed by atoms with Gasteiger partial charge in [-0.25, -0.2) is 0 Å². The highest BCUT2D eigenvalue weighted by molar-refractivity contribution is 5.34. The number of hydrogen-bond acceptors (Lipinski definition) is 1. The van der Waals surface area contributed by atoms with E-state index in [9.17, 15) is 0 Å². The van der Waals surface area contributed by atoms with Crippen LogP contribution in [-0.4, -0.2) is 5.11 Å². The molecule has 12 heavy (non-hydrogen) atoms. The quantitative estimate of drug-likeness (QED) is 0.710. The van der Waals surface area contributed by atoms with Crippen molar-refractivity contribution >= 4 is 0 Å². The van der Waals surface area contributed by atoms with E-state index in [1.165, 1.54) is 11.1 Å². The van der Waals surface area contributed by atoms with E-state index in [0.29, 0.717) is 5.92 Å². The van der Waals surface area contributed by atoms with Gasteiger partial charge in [0, 0.05) is 0 Å². The zero-order valence-corrected chi connectivity index (χ0v) is 7.83. The second-order valence-corrected chi connectivity index (χ2v) is 3.40. The lowest BCUT2D eigenvalue weighted by Gasteiger charge is -2.09. The van der Waals surface area contributed by atoms with Gasteiger partial charge in [-0.3, -0.25) is 0 Å². The molecule has 0 aliphatic carbocycles. The largest absolute Gasteiger partial charge is 0.385 e. The Morgan fingerprint density at radius 3 is 2.42 bits per heavy atom. The number of aliphatic hydroxyl groups is 1. The molecule has 0 amide bonds. The maximum Gasteiger partial charge on any atom is 0.109 e. The first-order valence-electron chi connectivity index (χ1n) is 4.23. The molecule has 1 nitrogen and oxygen atoms in total. The smallest absolute Gasteiger partial charge is 0.109 e. The maximum absolute atomic E-state index is 8.77. The van der Waals surface area contributed by atoms with Crippen molar-refractivity contribution in [3.63, 3.8) is 0 Å². The first-order valence-corrected chi connectivity index (χ1v) is 4.23. The summed E-state index contributed by atoms with van der Waals surface area (Å²) in [5.74, 6) is 0.553. The monoisotopic (exact) mass is 163 g/mol.